The largest absolute Gasteiger partial charge is 0.294 e. The highest BCUT2D eigenvalue weighted by Crippen LogP contribution is 2.28. The van der Waals surface area contributed by atoms with E-state index in [2.05, 4.69) is 0 Å². The summed E-state index contributed by atoms with van der Waals surface area (Å²) in [5, 5.41) is 8.38. The lowest BCUT2D eigenvalue weighted by atomic mass is 9.80. The number of allylic oxidation sites excluding steroid dienone is 2. The van der Waals surface area contributed by atoms with E-state index in [0.29, 0.717) is 0 Å². The van der Waals surface area contributed by atoms with Gasteiger partial charge in [0.2, 0.25) is 0 Å². The average Bonchev–Trinajstić information content (AvgIpc) is 2.37. The summed E-state index contributed by atoms with van der Waals surface area (Å²) in [7, 11) is 0. The Kier molecular flexibility index (Phi) is 3.72. The quantitative estimate of drug-likeness (QED) is 0.740. The van der Waals surface area contributed by atoms with E-state index in [4.69, 9.17) is 5.26 Å². The third kappa shape index (κ3) is 2.62. The van der Waals surface area contributed by atoms with Crippen molar-refractivity contribution >= 4 is 5.78 Å². The standard InChI is InChI=1S/C15H15NO/c16-11-5-1-2-7-13-10-9-12-6-3-4-8-14(12)15(13)17/h1,3-6,8,13H,2,7,9-10H2/b5-1+. The van der Waals surface area contributed by atoms with Crippen LogP contribution in [0, 0.1) is 17.2 Å². The maximum atomic E-state index is 12.2. The van der Waals surface area contributed by atoms with E-state index in [-0.39, 0.29) is 11.7 Å². The Balaban J connectivity index is 2.03. The smallest absolute Gasteiger partial charge is 0.166 e. The first-order chi connectivity index (χ1) is 8.33. The molecule has 0 fully saturated rings. The van der Waals surface area contributed by atoms with Gasteiger partial charge in [-0.1, -0.05) is 30.3 Å². The van der Waals surface area contributed by atoms with Crippen LogP contribution in [0.5, 0.6) is 0 Å². The van der Waals surface area contributed by atoms with Crippen LogP contribution in [0.1, 0.15) is 35.2 Å². The van der Waals surface area contributed by atoms with Crippen molar-refractivity contribution in [2.45, 2.75) is 25.7 Å². The Morgan fingerprint density at radius 1 is 1.41 bits per heavy atom. The second-order valence-electron chi connectivity index (χ2n) is 4.37. The zero-order valence-electron chi connectivity index (χ0n) is 9.73. The lowest BCUT2D eigenvalue weighted by Gasteiger charge is -2.22. The molecule has 0 amide bonds. The molecule has 1 aromatic carbocycles. The molecule has 1 atom stereocenters. The molecule has 0 spiro atoms. The van der Waals surface area contributed by atoms with Gasteiger partial charge < -0.3 is 0 Å². The fourth-order valence-electron chi connectivity index (χ4n) is 2.37. The Hall–Kier alpha value is -1.88. The van der Waals surface area contributed by atoms with E-state index in [0.717, 1.165) is 31.2 Å². The molecule has 0 saturated carbocycles. The number of benzene rings is 1. The molecule has 2 rings (SSSR count). The van der Waals surface area contributed by atoms with E-state index in [1.165, 1.54) is 11.6 Å². The molecule has 0 saturated heterocycles. The van der Waals surface area contributed by atoms with Crippen LogP contribution in [0.15, 0.2) is 36.4 Å². The molecule has 1 aromatic rings. The molecule has 0 radical (unpaired) electrons. The van der Waals surface area contributed by atoms with Gasteiger partial charge >= 0.3 is 0 Å². The minimum absolute atomic E-state index is 0.133. The van der Waals surface area contributed by atoms with E-state index >= 15 is 0 Å². The number of carbonyl (C=O) groups excluding carboxylic acids is 1. The van der Waals surface area contributed by atoms with Gasteiger partial charge in [0.15, 0.2) is 5.78 Å². The molecular formula is C15H15NO. The number of hydrogen-bond acceptors (Lipinski definition) is 2. The molecule has 1 aliphatic carbocycles. The highest BCUT2D eigenvalue weighted by molar-refractivity contribution is 6.00. The van der Waals surface area contributed by atoms with Crippen LogP contribution in [-0.4, -0.2) is 5.78 Å². The van der Waals surface area contributed by atoms with Gasteiger partial charge in [-0.25, -0.2) is 0 Å². The number of ketones is 1. The molecule has 1 aliphatic rings. The maximum Gasteiger partial charge on any atom is 0.166 e. The topological polar surface area (TPSA) is 40.9 Å². The summed E-state index contributed by atoms with van der Waals surface area (Å²) in [6.45, 7) is 0. The number of nitriles is 1. The lowest BCUT2D eigenvalue weighted by Crippen LogP contribution is -2.22. The first-order valence-electron chi connectivity index (χ1n) is 5.99. The summed E-state index contributed by atoms with van der Waals surface area (Å²) >= 11 is 0. The van der Waals surface area contributed by atoms with Crippen molar-refractivity contribution in [3.05, 3.63) is 47.5 Å². The third-order valence-corrected chi connectivity index (χ3v) is 3.29. The van der Waals surface area contributed by atoms with E-state index in [1.807, 2.05) is 36.4 Å². The molecular weight excluding hydrogens is 210 g/mol. The summed E-state index contributed by atoms with van der Waals surface area (Å²) in [4.78, 5) is 12.2. The van der Waals surface area contributed by atoms with Crippen LogP contribution < -0.4 is 0 Å². The van der Waals surface area contributed by atoms with Gasteiger partial charge in [0.25, 0.3) is 0 Å². The summed E-state index contributed by atoms with van der Waals surface area (Å²) in [6.07, 6.45) is 6.93. The number of fused-ring (bicyclic) bond motifs is 1. The first kappa shape index (κ1) is 11.6. The molecule has 0 N–H and O–H groups in total. The van der Waals surface area contributed by atoms with Gasteiger partial charge in [-0.3, -0.25) is 4.79 Å². The van der Waals surface area contributed by atoms with Gasteiger partial charge in [-0.2, -0.15) is 5.26 Å². The fraction of sp³-hybridized carbons (Fsp3) is 0.333. The Bertz CT molecular complexity index is 482. The average molecular weight is 225 g/mol. The molecule has 0 aromatic heterocycles. The fourth-order valence-corrected chi connectivity index (χ4v) is 2.37. The minimum atomic E-state index is 0.133. The van der Waals surface area contributed by atoms with E-state index < -0.39 is 0 Å². The van der Waals surface area contributed by atoms with Crippen molar-refractivity contribution in [1.29, 1.82) is 5.26 Å². The zero-order chi connectivity index (χ0) is 12.1. The van der Waals surface area contributed by atoms with Crippen LogP contribution in [0.3, 0.4) is 0 Å². The highest BCUT2D eigenvalue weighted by Gasteiger charge is 2.25. The number of rotatable bonds is 3. The maximum absolute atomic E-state index is 12.2. The van der Waals surface area contributed by atoms with Crippen molar-refractivity contribution in [3.63, 3.8) is 0 Å². The van der Waals surface area contributed by atoms with Gasteiger partial charge in [0.1, 0.15) is 0 Å². The summed E-state index contributed by atoms with van der Waals surface area (Å²) in [6, 6.07) is 9.85. The van der Waals surface area contributed by atoms with Crippen molar-refractivity contribution in [3.8, 4) is 6.07 Å². The van der Waals surface area contributed by atoms with Crippen molar-refractivity contribution in [2.75, 3.05) is 0 Å². The van der Waals surface area contributed by atoms with Crippen molar-refractivity contribution in [2.24, 2.45) is 5.92 Å². The Morgan fingerprint density at radius 3 is 3.06 bits per heavy atom. The summed E-state index contributed by atoms with van der Waals surface area (Å²) < 4.78 is 0. The second-order valence-corrected chi connectivity index (χ2v) is 4.37. The molecule has 1 unspecified atom stereocenters. The van der Waals surface area contributed by atoms with Crippen LogP contribution >= 0.6 is 0 Å². The van der Waals surface area contributed by atoms with Crippen LogP contribution in [0.2, 0.25) is 0 Å². The minimum Gasteiger partial charge on any atom is -0.294 e. The highest BCUT2D eigenvalue weighted by atomic mass is 16.1. The number of Topliss-reactive ketones (excluding diaryl/α,β-unsaturated/α-hetero) is 1. The Morgan fingerprint density at radius 2 is 2.24 bits per heavy atom. The second kappa shape index (κ2) is 5.45. The van der Waals surface area contributed by atoms with Crippen molar-refractivity contribution in [1.82, 2.24) is 0 Å². The summed E-state index contributed by atoms with van der Waals surface area (Å²) in [5.41, 5.74) is 2.08. The van der Waals surface area contributed by atoms with Crippen molar-refractivity contribution < 1.29 is 4.79 Å². The first-order valence-corrected chi connectivity index (χ1v) is 5.99. The van der Waals surface area contributed by atoms with Gasteiger partial charge in [0, 0.05) is 17.6 Å². The number of hydrogen-bond donors (Lipinski definition) is 0. The zero-order valence-corrected chi connectivity index (χ0v) is 9.73. The molecule has 2 nitrogen and oxygen atoms in total. The molecule has 0 bridgehead atoms. The number of carbonyl (C=O) groups is 1. The summed E-state index contributed by atoms with van der Waals surface area (Å²) in [5.74, 6) is 0.408. The molecule has 17 heavy (non-hydrogen) atoms. The van der Waals surface area contributed by atoms with Gasteiger partial charge in [-0.15, -0.1) is 0 Å². The lowest BCUT2D eigenvalue weighted by molar-refractivity contribution is 0.0895. The molecule has 0 heterocycles. The van der Waals surface area contributed by atoms with Crippen LogP contribution in [0.25, 0.3) is 0 Å². The predicted molar refractivity (Wildman–Crippen MR) is 66.6 cm³/mol. The van der Waals surface area contributed by atoms with Gasteiger partial charge in [-0.05, 0) is 31.2 Å². The van der Waals surface area contributed by atoms with E-state index in [1.54, 1.807) is 0 Å². The molecule has 2 heteroatoms. The normalized spacial score (nSPS) is 19.0. The molecule has 86 valence electrons. The third-order valence-electron chi connectivity index (χ3n) is 3.29. The Labute approximate surface area is 102 Å². The monoisotopic (exact) mass is 225 g/mol. The molecule has 0 aliphatic heterocycles. The number of aryl methyl sites for hydroxylation is 1. The van der Waals surface area contributed by atoms with Crippen LogP contribution in [-0.2, 0) is 6.42 Å². The number of nitrogens with zero attached hydrogens (tertiary/aromatic N) is 1. The van der Waals surface area contributed by atoms with Gasteiger partial charge in [0.05, 0.1) is 6.07 Å². The van der Waals surface area contributed by atoms with Crippen LogP contribution in [0.4, 0.5) is 0 Å². The predicted octanol–water partition coefficient (Wildman–Crippen LogP) is 3.29. The SMILES string of the molecule is N#C/C=C/CCC1CCc2ccccc2C1=O. The van der Waals surface area contributed by atoms with E-state index in [9.17, 15) is 4.79 Å².